The average molecular weight is 587 g/mol. The first-order valence-corrected chi connectivity index (χ1v) is 15.0. The van der Waals surface area contributed by atoms with E-state index in [1.54, 1.807) is 0 Å². The molecule has 0 fully saturated rings. The predicted octanol–water partition coefficient (Wildman–Crippen LogP) is 9.09. The minimum Gasteiger partial charge on any atom is -0.456 e. The van der Waals surface area contributed by atoms with Gasteiger partial charge in [-0.15, -0.1) is 0 Å². The van der Waals surface area contributed by atoms with Crippen molar-refractivity contribution in [3.8, 4) is 11.5 Å². The average Bonchev–Trinajstić information content (AvgIpc) is 3.33. The van der Waals surface area contributed by atoms with Crippen molar-refractivity contribution < 1.29 is 14.3 Å². The van der Waals surface area contributed by atoms with Gasteiger partial charge in [0.25, 0.3) is 0 Å². The standard InChI is InChI=1S/C37H31ClN2O3/c1-3-40(4-2)28-18-19-31-35(23-28)42-34-20-17-27(22-32(34)37(31)30-11-7-6-10-29(30)36(41)43-37)39-26-15-13-24(14-16-26)21-25-9-5-8-12-33(25)38/h5-20,22-23,39H,3-4,21H2,1-2H3. The smallest absolute Gasteiger partial charge is 0.340 e. The maximum atomic E-state index is 13.3. The monoisotopic (exact) mass is 586 g/mol. The summed E-state index contributed by atoms with van der Waals surface area (Å²) in [5.74, 6) is 1.01. The highest BCUT2D eigenvalue weighted by atomic mass is 35.5. The number of nitrogens with one attached hydrogen (secondary N) is 1. The molecule has 0 amide bonds. The molecule has 214 valence electrons. The second kappa shape index (κ2) is 10.8. The molecule has 2 aliphatic heterocycles. The Balaban J connectivity index is 1.26. The third-order valence-electron chi connectivity index (χ3n) is 8.42. The lowest BCUT2D eigenvalue weighted by molar-refractivity contribution is 0.0224. The van der Waals surface area contributed by atoms with Crippen LogP contribution < -0.4 is 15.0 Å². The third-order valence-corrected chi connectivity index (χ3v) is 8.79. The predicted molar refractivity (Wildman–Crippen MR) is 172 cm³/mol. The lowest BCUT2D eigenvalue weighted by Crippen LogP contribution is -2.33. The summed E-state index contributed by atoms with van der Waals surface area (Å²) in [6.45, 7) is 6.03. The molecule has 1 spiro atoms. The van der Waals surface area contributed by atoms with Crippen molar-refractivity contribution in [2.75, 3.05) is 23.3 Å². The van der Waals surface area contributed by atoms with Gasteiger partial charge in [-0.25, -0.2) is 4.79 Å². The summed E-state index contributed by atoms with van der Waals surface area (Å²) in [7, 11) is 0. The molecular weight excluding hydrogens is 556 g/mol. The van der Waals surface area contributed by atoms with Crippen LogP contribution in [0.4, 0.5) is 17.1 Å². The number of benzene rings is 5. The summed E-state index contributed by atoms with van der Waals surface area (Å²) < 4.78 is 12.9. The Labute approximate surface area is 256 Å². The summed E-state index contributed by atoms with van der Waals surface area (Å²) in [5.41, 5.74) is 7.03. The molecule has 0 bridgehead atoms. The minimum atomic E-state index is -1.12. The number of rotatable bonds is 7. The van der Waals surface area contributed by atoms with Gasteiger partial charge in [0.1, 0.15) is 11.5 Å². The fraction of sp³-hybridized carbons (Fsp3) is 0.162. The van der Waals surface area contributed by atoms with Crippen LogP contribution in [0.3, 0.4) is 0 Å². The van der Waals surface area contributed by atoms with Crippen LogP contribution in [-0.4, -0.2) is 19.1 Å². The summed E-state index contributed by atoms with van der Waals surface area (Å²) in [4.78, 5) is 15.6. The molecule has 5 aromatic rings. The Morgan fingerprint density at radius 1 is 0.744 bits per heavy atom. The highest BCUT2D eigenvalue weighted by molar-refractivity contribution is 6.31. The number of carbonyl (C=O) groups excluding carboxylic acids is 1. The molecule has 43 heavy (non-hydrogen) atoms. The molecule has 1 atom stereocenters. The van der Waals surface area contributed by atoms with Crippen LogP contribution in [0.25, 0.3) is 0 Å². The molecule has 2 heterocycles. The molecule has 2 aliphatic rings. The van der Waals surface area contributed by atoms with Crippen molar-refractivity contribution in [1.82, 2.24) is 0 Å². The lowest BCUT2D eigenvalue weighted by atomic mass is 9.77. The zero-order chi connectivity index (χ0) is 29.6. The number of fused-ring (bicyclic) bond motifs is 6. The van der Waals surface area contributed by atoms with Crippen LogP contribution in [-0.2, 0) is 16.8 Å². The number of hydrogen-bond acceptors (Lipinski definition) is 5. The van der Waals surface area contributed by atoms with E-state index in [1.807, 2.05) is 66.7 Å². The van der Waals surface area contributed by atoms with E-state index in [4.69, 9.17) is 21.1 Å². The first-order valence-electron chi connectivity index (χ1n) is 14.6. The van der Waals surface area contributed by atoms with Gasteiger partial charge in [-0.3, -0.25) is 0 Å². The SMILES string of the molecule is CCN(CC)c1ccc2c(c1)Oc1ccc(Nc3ccc(Cc4ccccc4Cl)cc3)cc1C21OC(=O)c2ccccc21. The zero-order valence-corrected chi connectivity index (χ0v) is 24.8. The largest absolute Gasteiger partial charge is 0.456 e. The Bertz CT molecular complexity index is 1850. The van der Waals surface area contributed by atoms with E-state index in [2.05, 4.69) is 66.5 Å². The highest BCUT2D eigenvalue weighted by Crippen LogP contribution is 2.57. The maximum Gasteiger partial charge on any atom is 0.340 e. The van der Waals surface area contributed by atoms with Gasteiger partial charge in [0.15, 0.2) is 5.60 Å². The van der Waals surface area contributed by atoms with E-state index < -0.39 is 5.60 Å². The maximum absolute atomic E-state index is 13.3. The zero-order valence-electron chi connectivity index (χ0n) is 24.1. The number of anilines is 3. The van der Waals surface area contributed by atoms with E-state index in [9.17, 15) is 4.79 Å². The topological polar surface area (TPSA) is 50.8 Å². The van der Waals surface area contributed by atoms with Crippen LogP contribution in [0.15, 0.2) is 109 Å². The fourth-order valence-electron chi connectivity index (χ4n) is 6.26. The van der Waals surface area contributed by atoms with Crippen molar-refractivity contribution in [1.29, 1.82) is 0 Å². The van der Waals surface area contributed by atoms with Gasteiger partial charge in [-0.05, 0) is 86.0 Å². The summed E-state index contributed by atoms with van der Waals surface area (Å²) in [5, 5.41) is 4.31. The van der Waals surface area contributed by atoms with Crippen LogP contribution in [0.5, 0.6) is 11.5 Å². The fourth-order valence-corrected chi connectivity index (χ4v) is 6.46. The first-order chi connectivity index (χ1) is 21.0. The van der Waals surface area contributed by atoms with Gasteiger partial charge >= 0.3 is 5.97 Å². The second-order valence-electron chi connectivity index (χ2n) is 10.9. The van der Waals surface area contributed by atoms with E-state index in [1.165, 1.54) is 5.56 Å². The van der Waals surface area contributed by atoms with Crippen molar-refractivity contribution in [3.63, 3.8) is 0 Å². The van der Waals surface area contributed by atoms with Crippen LogP contribution in [0.1, 0.15) is 52.0 Å². The van der Waals surface area contributed by atoms with Crippen molar-refractivity contribution in [2.45, 2.75) is 25.9 Å². The van der Waals surface area contributed by atoms with Gasteiger partial charge in [0, 0.05) is 57.9 Å². The van der Waals surface area contributed by atoms with Crippen LogP contribution in [0.2, 0.25) is 5.02 Å². The Hall–Kier alpha value is -4.74. The van der Waals surface area contributed by atoms with Crippen LogP contribution in [0, 0.1) is 0 Å². The second-order valence-corrected chi connectivity index (χ2v) is 11.3. The molecule has 5 nitrogen and oxygen atoms in total. The lowest BCUT2D eigenvalue weighted by Gasteiger charge is -2.37. The van der Waals surface area contributed by atoms with Gasteiger partial charge in [-0.1, -0.05) is 60.1 Å². The van der Waals surface area contributed by atoms with Crippen molar-refractivity contribution in [3.05, 3.63) is 148 Å². The number of halogens is 1. The molecular formula is C37H31ClN2O3. The third kappa shape index (κ3) is 4.61. The van der Waals surface area contributed by atoms with Crippen molar-refractivity contribution in [2.24, 2.45) is 0 Å². The summed E-state index contributed by atoms with van der Waals surface area (Å²) >= 11 is 6.37. The van der Waals surface area contributed by atoms with E-state index >= 15 is 0 Å². The normalized spacial score (nSPS) is 16.1. The molecule has 0 aliphatic carbocycles. The van der Waals surface area contributed by atoms with Crippen molar-refractivity contribution >= 4 is 34.6 Å². The summed E-state index contributed by atoms with van der Waals surface area (Å²) in [6.07, 6.45) is 0.763. The molecule has 1 unspecified atom stereocenters. The molecule has 6 heteroatoms. The first kappa shape index (κ1) is 27.1. The molecule has 1 N–H and O–H groups in total. The quantitative estimate of drug-likeness (QED) is 0.193. The van der Waals surface area contributed by atoms with Crippen LogP contribution >= 0.6 is 11.6 Å². The molecule has 0 radical (unpaired) electrons. The Kier molecular flexibility index (Phi) is 6.83. The van der Waals surface area contributed by atoms with Gasteiger partial charge in [0.2, 0.25) is 0 Å². The van der Waals surface area contributed by atoms with Gasteiger partial charge in [0.05, 0.1) is 5.56 Å². The molecule has 5 aromatic carbocycles. The molecule has 0 saturated heterocycles. The number of esters is 1. The Morgan fingerprint density at radius 2 is 1.49 bits per heavy atom. The molecule has 0 saturated carbocycles. The summed E-state index contributed by atoms with van der Waals surface area (Å²) in [6, 6.07) is 36.0. The number of hydrogen-bond donors (Lipinski definition) is 1. The highest BCUT2D eigenvalue weighted by Gasteiger charge is 2.53. The van der Waals surface area contributed by atoms with E-state index in [0.29, 0.717) is 17.1 Å². The van der Waals surface area contributed by atoms with Gasteiger partial charge < -0.3 is 19.7 Å². The van der Waals surface area contributed by atoms with E-state index in [-0.39, 0.29) is 5.97 Å². The number of carbonyl (C=O) groups is 1. The number of nitrogens with zero attached hydrogens (tertiary/aromatic N) is 1. The minimum absolute atomic E-state index is 0.338. The Morgan fingerprint density at radius 3 is 2.28 bits per heavy atom. The van der Waals surface area contributed by atoms with Gasteiger partial charge in [-0.2, -0.15) is 0 Å². The molecule has 7 rings (SSSR count). The molecule has 0 aromatic heterocycles. The number of ether oxygens (including phenoxy) is 2. The van der Waals surface area contributed by atoms with E-state index in [0.717, 1.165) is 63.8 Å².